The summed E-state index contributed by atoms with van der Waals surface area (Å²) in [7, 11) is 0. The predicted molar refractivity (Wildman–Crippen MR) is 114 cm³/mol. The van der Waals surface area contributed by atoms with Gasteiger partial charge in [0, 0.05) is 28.9 Å². The molecular weight excluding hydrogens is 417 g/mol. The summed E-state index contributed by atoms with van der Waals surface area (Å²) in [4.78, 5) is 21.0. The maximum absolute atomic E-state index is 13.3. The fourth-order valence-corrected chi connectivity index (χ4v) is 3.87. The summed E-state index contributed by atoms with van der Waals surface area (Å²) in [5.74, 6) is -0.193. The number of aliphatic hydroxyl groups is 1. The number of nitrogens with zero attached hydrogens (tertiary/aromatic N) is 5. The van der Waals surface area contributed by atoms with Crippen LogP contribution in [0.2, 0.25) is 0 Å². The summed E-state index contributed by atoms with van der Waals surface area (Å²) in [6, 6.07) is 3.28. The topological polar surface area (TPSA) is 114 Å². The van der Waals surface area contributed by atoms with Crippen molar-refractivity contribution >= 4 is 11.8 Å². The first-order valence-electron chi connectivity index (χ1n) is 10.2. The first-order chi connectivity index (χ1) is 15.1. The lowest BCUT2D eigenvalue weighted by Crippen LogP contribution is -2.41. The minimum atomic E-state index is -1.05. The number of hydrogen-bond donors (Lipinski definition) is 2. The fraction of sp³-hybridized carbons (Fsp3) is 0.364. The average molecular weight is 441 g/mol. The van der Waals surface area contributed by atoms with Gasteiger partial charge in [0.1, 0.15) is 5.75 Å². The highest BCUT2D eigenvalue weighted by molar-refractivity contribution is 5.91. The zero-order chi connectivity index (χ0) is 23.0. The van der Waals surface area contributed by atoms with Crippen LogP contribution in [0.25, 0.3) is 11.1 Å². The Bertz CT molecular complexity index is 1140. The highest BCUT2D eigenvalue weighted by Crippen LogP contribution is 2.44. The Morgan fingerprint density at radius 3 is 2.66 bits per heavy atom. The standard InChI is InChI=1S/C22H24FN5O4/c1-13-4-5-17-18(28(13)21(29)30)7-6-16(14-8-26-27(11-14)12-22(2,3)31)19(17)32-20-24-9-15(23)10-25-20/h6-11,13,31H,4-5,12H2,1-3H3,(H,29,30)/t13-/m0/s1. The van der Waals surface area contributed by atoms with E-state index >= 15 is 0 Å². The molecule has 0 fully saturated rings. The minimum absolute atomic E-state index is 0.0505. The maximum atomic E-state index is 13.3. The van der Waals surface area contributed by atoms with Crippen LogP contribution in [0.5, 0.6) is 11.8 Å². The summed E-state index contributed by atoms with van der Waals surface area (Å²) in [6.45, 7) is 5.53. The molecule has 3 aromatic rings. The van der Waals surface area contributed by atoms with E-state index in [2.05, 4.69) is 15.1 Å². The molecule has 2 N–H and O–H groups in total. The van der Waals surface area contributed by atoms with Crippen molar-refractivity contribution in [1.82, 2.24) is 19.7 Å². The van der Waals surface area contributed by atoms with Gasteiger partial charge < -0.3 is 14.9 Å². The van der Waals surface area contributed by atoms with Crippen LogP contribution >= 0.6 is 0 Å². The Morgan fingerprint density at radius 1 is 1.28 bits per heavy atom. The summed E-state index contributed by atoms with van der Waals surface area (Å²) in [5.41, 5.74) is 1.67. The molecule has 2 aromatic heterocycles. The number of ether oxygens (including phenoxy) is 1. The van der Waals surface area contributed by atoms with Gasteiger partial charge in [-0.2, -0.15) is 5.10 Å². The van der Waals surface area contributed by atoms with E-state index in [4.69, 9.17) is 4.74 Å². The summed E-state index contributed by atoms with van der Waals surface area (Å²) in [6.07, 6.45) is 5.58. The average Bonchev–Trinajstić information content (AvgIpc) is 3.15. The van der Waals surface area contributed by atoms with Crippen molar-refractivity contribution in [2.75, 3.05) is 4.90 Å². The summed E-state index contributed by atoms with van der Waals surface area (Å²) in [5, 5.41) is 24.2. The Hall–Kier alpha value is -3.53. The zero-order valence-electron chi connectivity index (χ0n) is 18.0. The molecule has 168 valence electrons. The van der Waals surface area contributed by atoms with Gasteiger partial charge in [-0.05, 0) is 45.7 Å². The second-order valence-corrected chi connectivity index (χ2v) is 8.51. The number of carboxylic acid groups (broad SMARTS) is 1. The van der Waals surface area contributed by atoms with Gasteiger partial charge in [0.05, 0.1) is 36.4 Å². The number of aromatic nitrogens is 4. The largest absolute Gasteiger partial charge is 0.465 e. The van der Waals surface area contributed by atoms with Crippen molar-refractivity contribution in [2.45, 2.75) is 51.8 Å². The quantitative estimate of drug-likeness (QED) is 0.618. The Balaban J connectivity index is 1.83. The highest BCUT2D eigenvalue weighted by Gasteiger charge is 2.32. The number of rotatable bonds is 5. The van der Waals surface area contributed by atoms with Gasteiger partial charge in [-0.15, -0.1) is 0 Å². The molecule has 0 saturated heterocycles. The molecule has 1 aliphatic rings. The lowest BCUT2D eigenvalue weighted by molar-refractivity contribution is 0.0577. The molecule has 10 heteroatoms. The number of hydrogen-bond acceptors (Lipinski definition) is 6. The minimum Gasteiger partial charge on any atom is -0.465 e. The first kappa shape index (κ1) is 21.7. The molecule has 1 amide bonds. The molecule has 32 heavy (non-hydrogen) atoms. The van der Waals surface area contributed by atoms with E-state index in [1.165, 1.54) is 4.90 Å². The van der Waals surface area contributed by atoms with Crippen LogP contribution < -0.4 is 9.64 Å². The van der Waals surface area contributed by atoms with Gasteiger partial charge in [-0.1, -0.05) is 0 Å². The molecule has 0 aliphatic carbocycles. The first-order valence-corrected chi connectivity index (χ1v) is 10.2. The van der Waals surface area contributed by atoms with E-state index in [0.29, 0.717) is 42.0 Å². The zero-order valence-corrected chi connectivity index (χ0v) is 18.0. The van der Waals surface area contributed by atoms with Crippen molar-refractivity contribution in [3.63, 3.8) is 0 Å². The fourth-order valence-electron chi connectivity index (χ4n) is 3.87. The van der Waals surface area contributed by atoms with Crippen molar-refractivity contribution in [1.29, 1.82) is 0 Å². The van der Waals surface area contributed by atoms with E-state index < -0.39 is 17.5 Å². The van der Waals surface area contributed by atoms with Crippen LogP contribution in [-0.4, -0.2) is 47.7 Å². The molecule has 9 nitrogen and oxygen atoms in total. The van der Waals surface area contributed by atoms with Crippen molar-refractivity contribution in [3.8, 4) is 22.9 Å². The number of halogens is 1. The van der Waals surface area contributed by atoms with Crippen LogP contribution in [0, 0.1) is 5.82 Å². The second-order valence-electron chi connectivity index (χ2n) is 8.51. The van der Waals surface area contributed by atoms with E-state index in [1.54, 1.807) is 43.1 Å². The molecule has 3 heterocycles. The third-order valence-corrected chi connectivity index (χ3v) is 5.24. The van der Waals surface area contributed by atoms with E-state index in [9.17, 15) is 19.4 Å². The number of benzene rings is 1. The Kier molecular flexibility index (Phi) is 5.55. The monoisotopic (exact) mass is 441 g/mol. The molecule has 0 bridgehead atoms. The van der Waals surface area contributed by atoms with Gasteiger partial charge in [-0.3, -0.25) is 9.58 Å². The Labute approximate surface area is 184 Å². The molecule has 0 radical (unpaired) electrons. The van der Waals surface area contributed by atoms with Crippen LogP contribution in [0.15, 0.2) is 36.9 Å². The second kappa shape index (κ2) is 8.19. The van der Waals surface area contributed by atoms with E-state index in [1.807, 2.05) is 6.92 Å². The highest BCUT2D eigenvalue weighted by atomic mass is 19.1. The van der Waals surface area contributed by atoms with Gasteiger partial charge in [-0.25, -0.2) is 19.2 Å². The van der Waals surface area contributed by atoms with Gasteiger partial charge in [0.15, 0.2) is 5.82 Å². The SMILES string of the molecule is C[C@H]1CCc2c(ccc(-c3cnn(CC(C)(C)O)c3)c2Oc2ncc(F)cn2)N1C(=O)O. The third kappa shape index (κ3) is 4.40. The van der Waals surface area contributed by atoms with Crippen LogP contribution in [-0.2, 0) is 13.0 Å². The molecule has 1 atom stereocenters. The number of amides is 1. The smallest absolute Gasteiger partial charge is 0.412 e. The maximum Gasteiger partial charge on any atom is 0.412 e. The van der Waals surface area contributed by atoms with Crippen molar-refractivity contribution in [3.05, 3.63) is 48.3 Å². The molecule has 1 aliphatic heterocycles. The van der Waals surface area contributed by atoms with Crippen molar-refractivity contribution in [2.24, 2.45) is 0 Å². The number of fused-ring (bicyclic) bond motifs is 1. The summed E-state index contributed by atoms with van der Waals surface area (Å²) < 4.78 is 20.9. The molecule has 1 aromatic carbocycles. The van der Waals surface area contributed by atoms with Crippen molar-refractivity contribution < 1.29 is 24.1 Å². The Morgan fingerprint density at radius 2 is 2.00 bits per heavy atom. The molecule has 0 spiro atoms. The van der Waals surface area contributed by atoms with Gasteiger partial charge >= 0.3 is 12.1 Å². The molecular formula is C22H24FN5O4. The normalized spacial score (nSPS) is 16.0. The van der Waals surface area contributed by atoms with Gasteiger partial charge in [0.2, 0.25) is 0 Å². The predicted octanol–water partition coefficient (Wildman–Crippen LogP) is 3.86. The third-order valence-electron chi connectivity index (χ3n) is 5.24. The number of anilines is 1. The molecule has 4 rings (SSSR count). The lowest BCUT2D eigenvalue weighted by Gasteiger charge is -2.34. The van der Waals surface area contributed by atoms with Crippen LogP contribution in [0.1, 0.15) is 32.8 Å². The lowest BCUT2D eigenvalue weighted by atomic mass is 9.92. The number of carbonyl (C=O) groups is 1. The van der Waals surface area contributed by atoms with E-state index in [-0.39, 0.29) is 12.1 Å². The summed E-state index contributed by atoms with van der Waals surface area (Å²) >= 11 is 0. The van der Waals surface area contributed by atoms with Crippen LogP contribution in [0.4, 0.5) is 14.9 Å². The van der Waals surface area contributed by atoms with Gasteiger partial charge in [0.25, 0.3) is 0 Å². The van der Waals surface area contributed by atoms with E-state index in [0.717, 1.165) is 18.0 Å². The van der Waals surface area contributed by atoms with Crippen LogP contribution in [0.3, 0.4) is 0 Å². The molecule has 0 unspecified atom stereocenters. The molecule has 0 saturated carbocycles.